The molecule has 1 saturated carbocycles. The van der Waals surface area contributed by atoms with Gasteiger partial charge >= 0.3 is 6.03 Å². The molecule has 0 saturated heterocycles. The molecule has 0 heterocycles. The van der Waals surface area contributed by atoms with E-state index in [1.54, 1.807) is 14.0 Å². The maximum atomic E-state index is 11.8. The predicted octanol–water partition coefficient (Wildman–Crippen LogP) is 2.22. The summed E-state index contributed by atoms with van der Waals surface area (Å²) in [6, 6.07) is -0.0954. The summed E-state index contributed by atoms with van der Waals surface area (Å²) < 4.78 is 0. The topological polar surface area (TPSA) is 52.6 Å². The van der Waals surface area contributed by atoms with Crippen molar-refractivity contribution in [3.8, 4) is 0 Å². The Kier molecular flexibility index (Phi) is 5.45. The van der Waals surface area contributed by atoms with E-state index in [0.29, 0.717) is 13.1 Å². The van der Waals surface area contributed by atoms with Gasteiger partial charge in [0.15, 0.2) is 0 Å². The zero-order valence-corrected chi connectivity index (χ0v) is 12.2. The lowest BCUT2D eigenvalue weighted by Gasteiger charge is -2.32. The van der Waals surface area contributed by atoms with Gasteiger partial charge in [-0.05, 0) is 31.1 Å². The molecule has 1 aliphatic rings. The summed E-state index contributed by atoms with van der Waals surface area (Å²) in [5.41, 5.74) is 0.165. The first-order valence-corrected chi connectivity index (χ1v) is 7.00. The van der Waals surface area contributed by atoms with E-state index in [2.05, 4.69) is 19.2 Å². The number of nitrogens with zero attached hydrogens (tertiary/aromatic N) is 1. The fourth-order valence-corrected chi connectivity index (χ4v) is 2.77. The number of hydrogen-bond acceptors (Lipinski definition) is 2. The predicted molar refractivity (Wildman–Crippen MR) is 73.4 cm³/mol. The molecule has 1 rings (SSSR count). The van der Waals surface area contributed by atoms with E-state index in [-0.39, 0.29) is 11.4 Å². The molecule has 0 aromatic rings. The van der Waals surface area contributed by atoms with Crippen LogP contribution in [0, 0.1) is 11.3 Å². The molecule has 18 heavy (non-hydrogen) atoms. The van der Waals surface area contributed by atoms with E-state index in [1.807, 2.05) is 0 Å². The van der Waals surface area contributed by atoms with Crippen molar-refractivity contribution in [1.29, 1.82) is 0 Å². The van der Waals surface area contributed by atoms with Crippen LogP contribution >= 0.6 is 0 Å². The molecule has 0 bridgehead atoms. The number of rotatable bonds is 5. The van der Waals surface area contributed by atoms with E-state index in [9.17, 15) is 9.90 Å². The summed E-state index contributed by atoms with van der Waals surface area (Å²) in [4.78, 5) is 13.4. The second-order valence-electron chi connectivity index (χ2n) is 6.36. The van der Waals surface area contributed by atoms with Gasteiger partial charge in [0, 0.05) is 20.1 Å². The molecule has 2 N–H and O–H groups in total. The number of amides is 2. The fraction of sp³-hybridized carbons (Fsp3) is 0.929. The summed E-state index contributed by atoms with van der Waals surface area (Å²) >= 11 is 0. The lowest BCUT2D eigenvalue weighted by molar-refractivity contribution is 0.139. The van der Waals surface area contributed by atoms with Gasteiger partial charge in [0.05, 0.1) is 6.10 Å². The second-order valence-corrected chi connectivity index (χ2v) is 6.36. The van der Waals surface area contributed by atoms with Crippen LogP contribution in [0.5, 0.6) is 0 Å². The van der Waals surface area contributed by atoms with Gasteiger partial charge in [-0.25, -0.2) is 4.79 Å². The molecule has 1 fully saturated rings. The van der Waals surface area contributed by atoms with Crippen LogP contribution in [0.3, 0.4) is 0 Å². The SMILES string of the molecule is CC(O)CN(C)C(=O)NCC(C)(C)C1CCCC1. The molecular weight excluding hydrogens is 228 g/mol. The van der Waals surface area contributed by atoms with Crippen LogP contribution in [0.1, 0.15) is 46.5 Å². The fourth-order valence-electron chi connectivity index (χ4n) is 2.77. The number of likely N-dealkylation sites (N-methyl/N-ethyl adjacent to an activating group) is 1. The second kappa shape index (κ2) is 6.41. The highest BCUT2D eigenvalue weighted by Gasteiger charge is 2.32. The summed E-state index contributed by atoms with van der Waals surface area (Å²) in [5, 5.41) is 12.2. The highest BCUT2D eigenvalue weighted by molar-refractivity contribution is 5.73. The maximum absolute atomic E-state index is 11.8. The number of carbonyl (C=O) groups excluding carboxylic acids is 1. The Morgan fingerprint density at radius 2 is 2.00 bits per heavy atom. The Bertz CT molecular complexity index is 271. The first-order valence-electron chi connectivity index (χ1n) is 7.00. The van der Waals surface area contributed by atoms with Gasteiger partial charge < -0.3 is 15.3 Å². The monoisotopic (exact) mass is 256 g/mol. The van der Waals surface area contributed by atoms with Crippen molar-refractivity contribution < 1.29 is 9.90 Å². The molecule has 4 heteroatoms. The third-order valence-corrected chi connectivity index (χ3v) is 4.04. The summed E-state index contributed by atoms with van der Waals surface area (Å²) in [7, 11) is 1.71. The van der Waals surface area contributed by atoms with E-state index in [0.717, 1.165) is 5.92 Å². The molecule has 4 nitrogen and oxygen atoms in total. The van der Waals surface area contributed by atoms with Gasteiger partial charge in [0.1, 0.15) is 0 Å². The van der Waals surface area contributed by atoms with Crippen molar-refractivity contribution in [3.05, 3.63) is 0 Å². The normalized spacial score (nSPS) is 18.7. The Morgan fingerprint density at radius 1 is 1.44 bits per heavy atom. The zero-order chi connectivity index (χ0) is 13.8. The Morgan fingerprint density at radius 3 is 2.50 bits per heavy atom. The Hall–Kier alpha value is -0.770. The van der Waals surface area contributed by atoms with Crippen molar-refractivity contribution >= 4 is 6.03 Å². The molecule has 2 amide bonds. The van der Waals surface area contributed by atoms with Gasteiger partial charge in [0.25, 0.3) is 0 Å². The van der Waals surface area contributed by atoms with Gasteiger partial charge in [0.2, 0.25) is 0 Å². The first kappa shape index (κ1) is 15.3. The van der Waals surface area contributed by atoms with Gasteiger partial charge in [-0.3, -0.25) is 0 Å². The molecule has 0 aliphatic heterocycles. The summed E-state index contributed by atoms with van der Waals surface area (Å²) in [5.74, 6) is 0.722. The van der Waals surface area contributed by atoms with E-state index in [4.69, 9.17) is 0 Å². The molecular formula is C14H28N2O2. The molecule has 0 radical (unpaired) electrons. The van der Waals surface area contributed by atoms with Crippen molar-refractivity contribution in [2.75, 3.05) is 20.1 Å². The average molecular weight is 256 g/mol. The molecule has 0 aromatic carbocycles. The van der Waals surface area contributed by atoms with Crippen molar-refractivity contribution in [3.63, 3.8) is 0 Å². The molecule has 1 atom stereocenters. The largest absolute Gasteiger partial charge is 0.392 e. The highest BCUT2D eigenvalue weighted by Crippen LogP contribution is 2.38. The standard InChI is InChI=1S/C14H28N2O2/c1-11(17)9-16(4)13(18)15-10-14(2,3)12-7-5-6-8-12/h11-12,17H,5-10H2,1-4H3,(H,15,18). The minimum absolute atomic E-state index is 0.0954. The summed E-state index contributed by atoms with van der Waals surface area (Å²) in [6.07, 6.45) is 4.73. The van der Waals surface area contributed by atoms with Crippen molar-refractivity contribution in [2.45, 2.75) is 52.6 Å². The Labute approximate surface area is 111 Å². The van der Waals surface area contributed by atoms with Gasteiger partial charge in [-0.1, -0.05) is 26.7 Å². The van der Waals surface area contributed by atoms with Gasteiger partial charge in [-0.15, -0.1) is 0 Å². The minimum Gasteiger partial charge on any atom is -0.392 e. The van der Waals surface area contributed by atoms with Crippen LogP contribution < -0.4 is 5.32 Å². The van der Waals surface area contributed by atoms with Crippen LogP contribution in [-0.2, 0) is 0 Å². The quantitative estimate of drug-likeness (QED) is 0.792. The van der Waals surface area contributed by atoms with Gasteiger partial charge in [-0.2, -0.15) is 0 Å². The lowest BCUT2D eigenvalue weighted by Crippen LogP contribution is -2.45. The third kappa shape index (κ3) is 4.48. The van der Waals surface area contributed by atoms with Crippen molar-refractivity contribution in [1.82, 2.24) is 10.2 Å². The number of hydrogen-bond donors (Lipinski definition) is 2. The van der Waals surface area contributed by atoms with Crippen LogP contribution in [0.2, 0.25) is 0 Å². The maximum Gasteiger partial charge on any atom is 0.317 e. The number of carbonyl (C=O) groups is 1. The highest BCUT2D eigenvalue weighted by atomic mass is 16.3. The number of urea groups is 1. The average Bonchev–Trinajstić information content (AvgIpc) is 2.78. The summed E-state index contributed by atoms with van der Waals surface area (Å²) in [6.45, 7) is 7.23. The Balaban J connectivity index is 2.36. The molecule has 1 unspecified atom stereocenters. The molecule has 0 spiro atoms. The zero-order valence-electron chi connectivity index (χ0n) is 12.2. The van der Waals surface area contributed by atoms with Crippen LogP contribution in [0.15, 0.2) is 0 Å². The van der Waals surface area contributed by atoms with Crippen LogP contribution in [0.25, 0.3) is 0 Å². The first-order chi connectivity index (χ1) is 8.33. The lowest BCUT2D eigenvalue weighted by atomic mass is 9.78. The third-order valence-electron chi connectivity index (χ3n) is 4.04. The van der Waals surface area contributed by atoms with E-state index in [1.165, 1.54) is 30.6 Å². The smallest absolute Gasteiger partial charge is 0.317 e. The molecule has 106 valence electrons. The molecule has 1 aliphatic carbocycles. The van der Waals surface area contributed by atoms with Crippen molar-refractivity contribution in [2.24, 2.45) is 11.3 Å². The van der Waals surface area contributed by atoms with E-state index >= 15 is 0 Å². The number of nitrogens with one attached hydrogen (secondary N) is 1. The molecule has 0 aromatic heterocycles. The number of aliphatic hydroxyl groups excluding tert-OH is 1. The van der Waals surface area contributed by atoms with Crippen LogP contribution in [-0.4, -0.2) is 42.3 Å². The van der Waals surface area contributed by atoms with E-state index < -0.39 is 6.10 Å². The number of aliphatic hydroxyl groups is 1. The van der Waals surface area contributed by atoms with Crippen LogP contribution in [0.4, 0.5) is 4.79 Å². The minimum atomic E-state index is -0.483.